The monoisotopic (exact) mass is 387 g/mol. The summed E-state index contributed by atoms with van der Waals surface area (Å²) in [7, 11) is 4.70. The molecule has 1 aromatic carbocycles. The van der Waals surface area contributed by atoms with Crippen molar-refractivity contribution in [2.45, 2.75) is 26.7 Å². The Bertz CT molecular complexity index is 764. The van der Waals surface area contributed by atoms with Gasteiger partial charge in [0.2, 0.25) is 5.75 Å². The molecule has 1 heterocycles. The number of amides is 1. The standard InChI is InChI=1S/C21H29N3O4/c1-6-8-24(9-7-2)21(25)15-10-17(14-22-13-15)23-16-11-18(26-3)20(28-5)19(12-16)27-4/h10-14,23H,6-9H2,1-5H3. The molecule has 0 spiro atoms. The number of anilines is 2. The lowest BCUT2D eigenvalue weighted by atomic mass is 10.2. The second-order valence-electron chi connectivity index (χ2n) is 6.29. The average molecular weight is 387 g/mol. The first-order valence-electron chi connectivity index (χ1n) is 9.39. The summed E-state index contributed by atoms with van der Waals surface area (Å²) in [5.74, 6) is 1.60. The summed E-state index contributed by atoms with van der Waals surface area (Å²) in [4.78, 5) is 18.9. The predicted molar refractivity (Wildman–Crippen MR) is 110 cm³/mol. The second-order valence-corrected chi connectivity index (χ2v) is 6.29. The van der Waals surface area contributed by atoms with Gasteiger partial charge in [-0.05, 0) is 18.9 Å². The molecule has 2 rings (SSSR count). The summed E-state index contributed by atoms with van der Waals surface area (Å²) in [5, 5.41) is 3.25. The molecule has 1 N–H and O–H groups in total. The van der Waals surface area contributed by atoms with Crippen LogP contribution in [0.15, 0.2) is 30.6 Å². The molecule has 1 amide bonds. The number of hydrogen-bond acceptors (Lipinski definition) is 6. The van der Waals surface area contributed by atoms with E-state index in [1.807, 2.05) is 4.90 Å². The average Bonchev–Trinajstić information content (AvgIpc) is 2.72. The third-order valence-corrected chi connectivity index (χ3v) is 4.21. The molecule has 152 valence electrons. The van der Waals surface area contributed by atoms with Crippen LogP contribution in [0.1, 0.15) is 37.0 Å². The van der Waals surface area contributed by atoms with E-state index in [9.17, 15) is 4.79 Å². The minimum absolute atomic E-state index is 0.00950. The van der Waals surface area contributed by atoms with Crippen molar-refractivity contribution in [2.75, 3.05) is 39.7 Å². The zero-order valence-electron chi connectivity index (χ0n) is 17.2. The Balaban J connectivity index is 2.28. The van der Waals surface area contributed by atoms with Crippen molar-refractivity contribution >= 4 is 17.3 Å². The van der Waals surface area contributed by atoms with Gasteiger partial charge in [0, 0.05) is 37.1 Å². The van der Waals surface area contributed by atoms with Crippen LogP contribution in [0.5, 0.6) is 17.2 Å². The minimum atomic E-state index is -0.00950. The van der Waals surface area contributed by atoms with Gasteiger partial charge in [0.25, 0.3) is 5.91 Å². The molecule has 2 aromatic rings. The first kappa shape index (κ1) is 21.3. The van der Waals surface area contributed by atoms with E-state index in [1.165, 1.54) is 0 Å². The molecule has 0 bridgehead atoms. The lowest BCUT2D eigenvalue weighted by Crippen LogP contribution is -2.32. The highest BCUT2D eigenvalue weighted by atomic mass is 16.5. The van der Waals surface area contributed by atoms with Gasteiger partial charge in [0.05, 0.1) is 38.8 Å². The topological polar surface area (TPSA) is 72.9 Å². The summed E-state index contributed by atoms with van der Waals surface area (Å²) < 4.78 is 16.1. The number of carbonyl (C=O) groups excluding carboxylic acids is 1. The van der Waals surface area contributed by atoms with Gasteiger partial charge in [0.1, 0.15) is 0 Å². The fraction of sp³-hybridized carbons (Fsp3) is 0.429. The van der Waals surface area contributed by atoms with Crippen molar-refractivity contribution in [2.24, 2.45) is 0 Å². The SMILES string of the molecule is CCCN(CCC)C(=O)c1cncc(Nc2cc(OC)c(OC)c(OC)c2)c1. The smallest absolute Gasteiger partial charge is 0.255 e. The molecule has 0 saturated heterocycles. The Labute approximate surface area is 166 Å². The number of hydrogen-bond donors (Lipinski definition) is 1. The highest BCUT2D eigenvalue weighted by Gasteiger charge is 2.16. The quantitative estimate of drug-likeness (QED) is 0.661. The van der Waals surface area contributed by atoms with Crippen LogP contribution in [0.3, 0.4) is 0 Å². The van der Waals surface area contributed by atoms with Crippen molar-refractivity contribution in [3.05, 3.63) is 36.2 Å². The number of nitrogens with one attached hydrogen (secondary N) is 1. The van der Waals surface area contributed by atoms with Gasteiger partial charge >= 0.3 is 0 Å². The van der Waals surface area contributed by atoms with E-state index in [-0.39, 0.29) is 5.91 Å². The number of carbonyl (C=O) groups is 1. The van der Waals surface area contributed by atoms with Gasteiger partial charge in [-0.25, -0.2) is 0 Å². The van der Waals surface area contributed by atoms with Crippen molar-refractivity contribution in [3.63, 3.8) is 0 Å². The second kappa shape index (κ2) is 10.4. The number of aromatic nitrogens is 1. The molecule has 0 aliphatic carbocycles. The van der Waals surface area contributed by atoms with Crippen molar-refractivity contribution in [1.29, 1.82) is 0 Å². The zero-order chi connectivity index (χ0) is 20.5. The van der Waals surface area contributed by atoms with Gasteiger partial charge in [-0.3, -0.25) is 9.78 Å². The van der Waals surface area contributed by atoms with Gasteiger partial charge in [-0.2, -0.15) is 0 Å². The van der Waals surface area contributed by atoms with Crippen LogP contribution in [-0.2, 0) is 0 Å². The Morgan fingerprint density at radius 3 is 2.04 bits per heavy atom. The molecule has 0 radical (unpaired) electrons. The molecular weight excluding hydrogens is 358 g/mol. The molecule has 0 saturated carbocycles. The molecule has 0 aliphatic heterocycles. The maximum atomic E-state index is 12.8. The predicted octanol–water partition coefficient (Wildman–Crippen LogP) is 4.11. The number of benzene rings is 1. The first-order chi connectivity index (χ1) is 13.6. The summed E-state index contributed by atoms with van der Waals surface area (Å²) in [6.45, 7) is 5.60. The van der Waals surface area contributed by atoms with Crippen LogP contribution in [0, 0.1) is 0 Å². The van der Waals surface area contributed by atoms with Crippen LogP contribution in [0.25, 0.3) is 0 Å². The molecule has 0 atom stereocenters. The summed E-state index contributed by atoms with van der Waals surface area (Å²) >= 11 is 0. The zero-order valence-corrected chi connectivity index (χ0v) is 17.2. The minimum Gasteiger partial charge on any atom is -0.493 e. The summed E-state index contributed by atoms with van der Waals surface area (Å²) in [5.41, 5.74) is 1.99. The maximum Gasteiger partial charge on any atom is 0.255 e. The Morgan fingerprint density at radius 2 is 1.54 bits per heavy atom. The molecule has 0 unspecified atom stereocenters. The van der Waals surface area contributed by atoms with E-state index in [0.29, 0.717) is 28.5 Å². The Kier molecular flexibility index (Phi) is 7.92. The largest absolute Gasteiger partial charge is 0.493 e. The molecule has 0 aliphatic rings. The van der Waals surface area contributed by atoms with Gasteiger partial charge in [-0.1, -0.05) is 13.8 Å². The number of ether oxygens (including phenoxy) is 3. The van der Waals surface area contributed by atoms with E-state index in [1.54, 1.807) is 51.9 Å². The van der Waals surface area contributed by atoms with Gasteiger partial charge < -0.3 is 24.4 Å². The van der Waals surface area contributed by atoms with E-state index >= 15 is 0 Å². The van der Waals surface area contributed by atoms with E-state index in [4.69, 9.17) is 14.2 Å². The van der Waals surface area contributed by atoms with E-state index in [0.717, 1.165) is 31.6 Å². The molecule has 28 heavy (non-hydrogen) atoms. The number of methoxy groups -OCH3 is 3. The van der Waals surface area contributed by atoms with Crippen LogP contribution < -0.4 is 19.5 Å². The molecule has 1 aromatic heterocycles. The number of rotatable bonds is 10. The van der Waals surface area contributed by atoms with Gasteiger partial charge in [-0.15, -0.1) is 0 Å². The van der Waals surface area contributed by atoms with Crippen LogP contribution in [0.4, 0.5) is 11.4 Å². The molecule has 0 fully saturated rings. The van der Waals surface area contributed by atoms with Crippen molar-refractivity contribution in [3.8, 4) is 17.2 Å². The lowest BCUT2D eigenvalue weighted by molar-refractivity contribution is 0.0755. The van der Waals surface area contributed by atoms with Crippen LogP contribution >= 0.6 is 0 Å². The number of pyridine rings is 1. The summed E-state index contributed by atoms with van der Waals surface area (Å²) in [6.07, 6.45) is 5.11. The van der Waals surface area contributed by atoms with Crippen LogP contribution in [0.2, 0.25) is 0 Å². The molecule has 7 nitrogen and oxygen atoms in total. The molecule has 7 heteroatoms. The van der Waals surface area contributed by atoms with E-state index < -0.39 is 0 Å². The highest BCUT2D eigenvalue weighted by molar-refractivity contribution is 5.95. The van der Waals surface area contributed by atoms with Gasteiger partial charge in [0.15, 0.2) is 11.5 Å². The van der Waals surface area contributed by atoms with Crippen LogP contribution in [-0.4, -0.2) is 50.2 Å². The first-order valence-corrected chi connectivity index (χ1v) is 9.39. The molecular formula is C21H29N3O4. The summed E-state index contributed by atoms with van der Waals surface area (Å²) in [6, 6.07) is 5.41. The maximum absolute atomic E-state index is 12.8. The normalized spacial score (nSPS) is 10.3. The fourth-order valence-electron chi connectivity index (χ4n) is 2.98. The third kappa shape index (κ3) is 5.06. The highest BCUT2D eigenvalue weighted by Crippen LogP contribution is 2.40. The van der Waals surface area contributed by atoms with E-state index in [2.05, 4.69) is 24.1 Å². The lowest BCUT2D eigenvalue weighted by Gasteiger charge is -2.21. The Morgan fingerprint density at radius 1 is 0.929 bits per heavy atom. The Hall–Kier alpha value is -2.96. The third-order valence-electron chi connectivity index (χ3n) is 4.21. The van der Waals surface area contributed by atoms with Crippen molar-refractivity contribution < 1.29 is 19.0 Å². The number of nitrogens with zero attached hydrogens (tertiary/aromatic N) is 2. The fourth-order valence-corrected chi connectivity index (χ4v) is 2.98. The van der Waals surface area contributed by atoms with Crippen molar-refractivity contribution in [1.82, 2.24) is 9.88 Å².